The van der Waals surface area contributed by atoms with Gasteiger partial charge in [0.2, 0.25) is 5.91 Å². The predicted octanol–water partition coefficient (Wildman–Crippen LogP) is 3.07. The summed E-state index contributed by atoms with van der Waals surface area (Å²) in [6.45, 7) is 3.60. The summed E-state index contributed by atoms with van der Waals surface area (Å²) in [5.41, 5.74) is 10.1. The van der Waals surface area contributed by atoms with Crippen LogP contribution >= 0.6 is 35.0 Å². The summed E-state index contributed by atoms with van der Waals surface area (Å²) >= 11 is 13.5. The first-order chi connectivity index (χ1) is 8.22. The van der Waals surface area contributed by atoms with Crippen molar-refractivity contribution in [2.24, 2.45) is 11.5 Å². The van der Waals surface area contributed by atoms with Crippen molar-refractivity contribution in [2.45, 2.75) is 36.0 Å². The third-order valence-corrected chi connectivity index (χ3v) is 4.33. The molecule has 2 unspecified atom stereocenters. The highest BCUT2D eigenvalue weighted by molar-refractivity contribution is 8.00. The van der Waals surface area contributed by atoms with Gasteiger partial charge < -0.3 is 11.5 Å². The minimum absolute atomic E-state index is 0.100. The van der Waals surface area contributed by atoms with Gasteiger partial charge in [0.25, 0.3) is 0 Å². The van der Waals surface area contributed by atoms with E-state index in [0.29, 0.717) is 16.5 Å². The number of nitrogens with two attached hydrogens (primary N) is 2. The van der Waals surface area contributed by atoms with E-state index in [2.05, 4.69) is 0 Å². The van der Waals surface area contributed by atoms with Crippen molar-refractivity contribution in [3.8, 4) is 0 Å². The molecular weight excluding hydrogens is 291 g/mol. The summed E-state index contributed by atoms with van der Waals surface area (Å²) in [4.78, 5) is 12.0. The first kappa shape index (κ1) is 15.6. The molecule has 0 fully saturated rings. The lowest BCUT2D eigenvalue weighted by Crippen LogP contribution is -2.50. The third kappa shape index (κ3) is 4.35. The van der Waals surface area contributed by atoms with E-state index in [0.717, 1.165) is 4.90 Å². The zero-order chi connectivity index (χ0) is 13.9. The number of halogens is 2. The van der Waals surface area contributed by atoms with Gasteiger partial charge in [0, 0.05) is 15.2 Å². The molecule has 0 aliphatic rings. The van der Waals surface area contributed by atoms with E-state index < -0.39 is 11.4 Å². The number of hydrogen-bond donors (Lipinski definition) is 2. The van der Waals surface area contributed by atoms with Crippen molar-refractivity contribution in [1.29, 1.82) is 0 Å². The molecule has 2 atom stereocenters. The van der Waals surface area contributed by atoms with E-state index in [4.69, 9.17) is 34.7 Å². The highest BCUT2D eigenvalue weighted by Gasteiger charge is 2.28. The molecule has 0 radical (unpaired) electrons. The molecule has 1 aromatic carbocycles. The first-order valence-electron chi connectivity index (χ1n) is 5.43. The van der Waals surface area contributed by atoms with Gasteiger partial charge in [-0.1, -0.05) is 30.1 Å². The molecule has 0 saturated heterocycles. The number of rotatable bonds is 5. The maximum absolute atomic E-state index is 11.2. The van der Waals surface area contributed by atoms with E-state index in [1.807, 2.05) is 6.92 Å². The molecule has 0 aliphatic carbocycles. The molecular formula is C12H16Cl2N2OS. The standard InChI is InChI=1S/C12H16Cl2N2OS/c1-7(6-12(2,16)11(15)17)18-10-5-8(13)3-4-9(10)14/h3-5,7H,6,16H2,1-2H3,(H2,15,17). The Kier molecular flexibility index (Phi) is 5.34. The Labute approximate surface area is 121 Å². The van der Waals surface area contributed by atoms with Crippen molar-refractivity contribution in [3.63, 3.8) is 0 Å². The van der Waals surface area contributed by atoms with Gasteiger partial charge in [-0.3, -0.25) is 4.79 Å². The Morgan fingerprint density at radius 1 is 1.50 bits per heavy atom. The molecule has 0 saturated carbocycles. The highest BCUT2D eigenvalue weighted by atomic mass is 35.5. The Hall–Kier alpha value is -0.420. The van der Waals surface area contributed by atoms with E-state index >= 15 is 0 Å². The zero-order valence-corrected chi connectivity index (χ0v) is 12.6. The van der Waals surface area contributed by atoms with Gasteiger partial charge in [0.1, 0.15) is 0 Å². The summed E-state index contributed by atoms with van der Waals surface area (Å²) in [6, 6.07) is 5.27. The van der Waals surface area contributed by atoms with Crippen LogP contribution in [-0.4, -0.2) is 16.7 Å². The van der Waals surface area contributed by atoms with E-state index in [-0.39, 0.29) is 5.25 Å². The van der Waals surface area contributed by atoms with Crippen molar-refractivity contribution < 1.29 is 4.79 Å². The monoisotopic (exact) mass is 306 g/mol. The Morgan fingerprint density at radius 2 is 2.11 bits per heavy atom. The summed E-state index contributed by atoms with van der Waals surface area (Å²) in [7, 11) is 0. The quantitative estimate of drug-likeness (QED) is 0.821. The highest BCUT2D eigenvalue weighted by Crippen LogP contribution is 2.34. The summed E-state index contributed by atoms with van der Waals surface area (Å²) < 4.78 is 0. The number of hydrogen-bond acceptors (Lipinski definition) is 3. The molecule has 1 rings (SSSR count). The van der Waals surface area contributed by atoms with Crippen LogP contribution in [0.25, 0.3) is 0 Å². The number of primary amides is 1. The molecule has 100 valence electrons. The lowest BCUT2D eigenvalue weighted by Gasteiger charge is -2.24. The van der Waals surface area contributed by atoms with Gasteiger partial charge in [0.15, 0.2) is 0 Å². The summed E-state index contributed by atoms with van der Waals surface area (Å²) in [5.74, 6) is -0.507. The molecule has 4 N–H and O–H groups in total. The van der Waals surface area contributed by atoms with Crippen molar-refractivity contribution >= 4 is 40.9 Å². The van der Waals surface area contributed by atoms with Crippen LogP contribution in [0.4, 0.5) is 0 Å². The average Bonchev–Trinajstić information content (AvgIpc) is 2.22. The number of carbonyl (C=O) groups excluding carboxylic acids is 1. The fourth-order valence-corrected chi connectivity index (χ4v) is 3.25. The second-order valence-electron chi connectivity index (χ2n) is 4.49. The molecule has 0 aromatic heterocycles. The first-order valence-corrected chi connectivity index (χ1v) is 7.06. The van der Waals surface area contributed by atoms with Crippen LogP contribution in [0.3, 0.4) is 0 Å². The zero-order valence-electron chi connectivity index (χ0n) is 10.2. The molecule has 1 amide bonds. The summed E-state index contributed by atoms with van der Waals surface area (Å²) in [6.07, 6.45) is 0.468. The largest absolute Gasteiger partial charge is 0.368 e. The third-order valence-electron chi connectivity index (χ3n) is 2.50. The van der Waals surface area contributed by atoms with Crippen molar-refractivity contribution in [3.05, 3.63) is 28.2 Å². The predicted molar refractivity (Wildman–Crippen MR) is 78.2 cm³/mol. The minimum atomic E-state index is -1.02. The van der Waals surface area contributed by atoms with Gasteiger partial charge in [-0.25, -0.2) is 0 Å². The van der Waals surface area contributed by atoms with Crippen LogP contribution < -0.4 is 11.5 Å². The van der Waals surface area contributed by atoms with Gasteiger partial charge in [0.05, 0.1) is 10.6 Å². The maximum Gasteiger partial charge on any atom is 0.237 e. The number of amides is 1. The van der Waals surface area contributed by atoms with Crippen molar-refractivity contribution in [1.82, 2.24) is 0 Å². The SMILES string of the molecule is CC(CC(C)(N)C(N)=O)Sc1cc(Cl)ccc1Cl. The van der Waals surface area contributed by atoms with Crippen LogP contribution in [0.1, 0.15) is 20.3 Å². The van der Waals surface area contributed by atoms with Crippen LogP contribution in [0.15, 0.2) is 23.1 Å². The smallest absolute Gasteiger partial charge is 0.237 e. The van der Waals surface area contributed by atoms with E-state index in [1.54, 1.807) is 25.1 Å². The molecule has 0 aliphatic heterocycles. The van der Waals surface area contributed by atoms with Crippen LogP contribution in [0.5, 0.6) is 0 Å². The molecule has 0 spiro atoms. The van der Waals surface area contributed by atoms with E-state index in [1.165, 1.54) is 11.8 Å². The lowest BCUT2D eigenvalue weighted by atomic mass is 9.97. The van der Waals surface area contributed by atoms with Crippen molar-refractivity contribution in [2.75, 3.05) is 0 Å². The lowest BCUT2D eigenvalue weighted by molar-refractivity contribution is -0.122. The number of thioether (sulfide) groups is 1. The molecule has 18 heavy (non-hydrogen) atoms. The van der Waals surface area contributed by atoms with Gasteiger partial charge >= 0.3 is 0 Å². The Balaban J connectivity index is 2.73. The molecule has 6 heteroatoms. The van der Waals surface area contributed by atoms with Crippen LogP contribution in [0.2, 0.25) is 10.0 Å². The fraction of sp³-hybridized carbons (Fsp3) is 0.417. The van der Waals surface area contributed by atoms with Crippen LogP contribution in [-0.2, 0) is 4.79 Å². The molecule has 1 aromatic rings. The van der Waals surface area contributed by atoms with Crippen LogP contribution in [0, 0.1) is 0 Å². The van der Waals surface area contributed by atoms with E-state index in [9.17, 15) is 4.79 Å². The average molecular weight is 307 g/mol. The minimum Gasteiger partial charge on any atom is -0.368 e. The van der Waals surface area contributed by atoms with Gasteiger partial charge in [-0.05, 0) is 31.5 Å². The summed E-state index contributed by atoms with van der Waals surface area (Å²) in [5, 5.41) is 1.36. The number of benzene rings is 1. The Morgan fingerprint density at radius 3 is 2.67 bits per heavy atom. The van der Waals surface area contributed by atoms with Gasteiger partial charge in [-0.15, -0.1) is 11.8 Å². The Bertz CT molecular complexity index is 452. The normalized spacial score (nSPS) is 16.1. The second kappa shape index (κ2) is 6.15. The maximum atomic E-state index is 11.2. The molecule has 0 bridgehead atoms. The fourth-order valence-electron chi connectivity index (χ4n) is 1.52. The number of carbonyl (C=O) groups is 1. The topological polar surface area (TPSA) is 69.1 Å². The molecule has 0 heterocycles. The van der Waals surface area contributed by atoms with Gasteiger partial charge in [-0.2, -0.15) is 0 Å². The molecule has 3 nitrogen and oxygen atoms in total. The second-order valence-corrected chi connectivity index (χ2v) is 6.81.